The minimum absolute atomic E-state index is 0.00474. The van der Waals surface area contributed by atoms with Gasteiger partial charge in [0.05, 0.1) is 24.9 Å². The number of carbonyl (C=O) groups is 3. The Labute approximate surface area is 262 Å². The summed E-state index contributed by atoms with van der Waals surface area (Å²) in [4.78, 5) is 50.2. The van der Waals surface area contributed by atoms with Crippen molar-refractivity contribution in [1.82, 2.24) is 9.47 Å². The number of imidazole rings is 1. The highest BCUT2D eigenvalue weighted by molar-refractivity contribution is 6.02. The standard InChI is InChI=1S/C35H38N3O7/c1-6-17-42-35(41)32-29(23(3)31-30(33(39)38(31)32)24(4)34(40)45-44-18-7-2)21-43-28-10-8-9-27(19-28)26-13-11-25(12-14-26)20-37-16-15-36(5)22-37/h6-16,19,22-24,30-31H,1-2,17-18,20-21H2,3-5H3/q+1/t23-,24?,30?,31?/m0/s1. The molecule has 10 heteroatoms. The maximum atomic E-state index is 13.4. The molecule has 10 nitrogen and oxygen atoms in total. The first-order valence-corrected chi connectivity index (χ1v) is 14.8. The van der Waals surface area contributed by atoms with E-state index in [2.05, 4.69) is 42.0 Å². The number of amides is 1. The second-order valence-corrected chi connectivity index (χ2v) is 11.3. The molecule has 3 heterocycles. The van der Waals surface area contributed by atoms with Crippen LogP contribution in [0.1, 0.15) is 19.4 Å². The molecular weight excluding hydrogens is 574 g/mol. The molecule has 0 saturated carbocycles. The first kappa shape index (κ1) is 31.5. The monoisotopic (exact) mass is 612 g/mol. The summed E-state index contributed by atoms with van der Waals surface area (Å²) in [6.45, 7) is 11.5. The number of aryl methyl sites for hydroxylation is 1. The van der Waals surface area contributed by atoms with Gasteiger partial charge < -0.3 is 14.4 Å². The molecule has 4 atom stereocenters. The predicted molar refractivity (Wildman–Crippen MR) is 165 cm³/mol. The van der Waals surface area contributed by atoms with Gasteiger partial charge in [-0.2, -0.15) is 4.89 Å². The summed E-state index contributed by atoms with van der Waals surface area (Å²) >= 11 is 0. The average Bonchev–Trinajstić information content (AvgIpc) is 3.56. The van der Waals surface area contributed by atoms with Crippen molar-refractivity contribution in [3.63, 3.8) is 0 Å². The number of ether oxygens (including phenoxy) is 2. The lowest BCUT2D eigenvalue weighted by atomic mass is 9.74. The van der Waals surface area contributed by atoms with E-state index in [4.69, 9.17) is 19.2 Å². The fourth-order valence-corrected chi connectivity index (χ4v) is 5.94. The van der Waals surface area contributed by atoms with Gasteiger partial charge in [-0.15, -0.1) is 6.58 Å². The van der Waals surface area contributed by atoms with E-state index in [1.54, 1.807) is 6.92 Å². The van der Waals surface area contributed by atoms with Gasteiger partial charge in [0.2, 0.25) is 12.2 Å². The molecule has 0 bridgehead atoms. The van der Waals surface area contributed by atoms with Gasteiger partial charge >= 0.3 is 11.9 Å². The molecule has 2 aliphatic heterocycles. The van der Waals surface area contributed by atoms with Crippen molar-refractivity contribution in [2.45, 2.75) is 26.4 Å². The van der Waals surface area contributed by atoms with Crippen LogP contribution in [0.25, 0.3) is 11.1 Å². The Balaban J connectivity index is 1.31. The van der Waals surface area contributed by atoms with Gasteiger partial charge in [-0.1, -0.05) is 69.0 Å². The molecule has 2 aliphatic rings. The molecule has 1 aromatic heterocycles. The summed E-state index contributed by atoms with van der Waals surface area (Å²) in [5.41, 5.74) is 3.99. The average molecular weight is 613 g/mol. The molecule has 1 amide bonds. The number of aromatic nitrogens is 2. The van der Waals surface area contributed by atoms with E-state index in [-0.39, 0.29) is 37.3 Å². The highest BCUT2D eigenvalue weighted by Gasteiger charge is 2.61. The summed E-state index contributed by atoms with van der Waals surface area (Å²) in [6, 6.07) is 15.7. The van der Waals surface area contributed by atoms with Gasteiger partial charge in [0.15, 0.2) is 0 Å². The fraction of sp³-hybridized carbons (Fsp3) is 0.314. The second kappa shape index (κ2) is 13.8. The zero-order chi connectivity index (χ0) is 32.1. The maximum Gasteiger partial charge on any atom is 0.355 e. The number of rotatable bonds is 14. The number of hydrogen-bond donors (Lipinski definition) is 0. The maximum absolute atomic E-state index is 13.4. The van der Waals surface area contributed by atoms with Gasteiger partial charge in [-0.25, -0.2) is 18.7 Å². The van der Waals surface area contributed by atoms with Gasteiger partial charge in [0.25, 0.3) is 0 Å². The quantitative estimate of drug-likeness (QED) is 0.0513. The Kier molecular flexibility index (Phi) is 9.63. The van der Waals surface area contributed by atoms with Crippen LogP contribution in [0.3, 0.4) is 0 Å². The van der Waals surface area contributed by atoms with Crippen LogP contribution in [0.4, 0.5) is 0 Å². The van der Waals surface area contributed by atoms with Gasteiger partial charge in [0, 0.05) is 11.5 Å². The first-order chi connectivity index (χ1) is 21.7. The van der Waals surface area contributed by atoms with Crippen molar-refractivity contribution in [2.75, 3.05) is 19.8 Å². The smallest absolute Gasteiger partial charge is 0.355 e. The number of hydrogen-bond acceptors (Lipinski definition) is 7. The summed E-state index contributed by atoms with van der Waals surface area (Å²) in [7, 11) is 1.99. The number of benzene rings is 2. The predicted octanol–water partition coefficient (Wildman–Crippen LogP) is 4.16. The van der Waals surface area contributed by atoms with Crippen molar-refractivity contribution < 1.29 is 38.2 Å². The number of carbonyl (C=O) groups excluding carboxylic acids is 3. The van der Waals surface area contributed by atoms with E-state index in [9.17, 15) is 14.4 Å². The SMILES string of the molecule is C=CCOOC(=O)C(C)C1C(=O)N2C(C(=O)OCC=C)=C(COc3cccc(-c4ccc(Cn5cc[n+](C)c5)cc4)c3)[C@H](C)C12. The molecule has 1 fully saturated rings. The van der Waals surface area contributed by atoms with E-state index in [0.29, 0.717) is 11.3 Å². The normalized spacial score (nSPS) is 19.4. The van der Waals surface area contributed by atoms with E-state index in [0.717, 1.165) is 17.7 Å². The molecule has 3 unspecified atom stereocenters. The summed E-state index contributed by atoms with van der Waals surface area (Å²) < 4.78 is 15.7. The largest absolute Gasteiger partial charge is 0.489 e. The highest BCUT2D eigenvalue weighted by atomic mass is 17.2. The number of β-lactam (4-membered cyclic amide) rings is 1. The Bertz CT molecular complexity index is 1620. The molecule has 3 aromatic rings. The van der Waals surface area contributed by atoms with Crippen LogP contribution in [0, 0.1) is 17.8 Å². The Hall–Kier alpha value is -4.96. The third kappa shape index (κ3) is 6.61. The third-order valence-corrected chi connectivity index (χ3v) is 8.26. The van der Waals surface area contributed by atoms with E-state index >= 15 is 0 Å². The van der Waals surface area contributed by atoms with Crippen LogP contribution < -0.4 is 9.30 Å². The highest BCUT2D eigenvalue weighted by Crippen LogP contribution is 2.49. The zero-order valence-electron chi connectivity index (χ0n) is 25.8. The molecule has 0 radical (unpaired) electrons. The first-order valence-electron chi connectivity index (χ1n) is 14.8. The zero-order valence-corrected chi connectivity index (χ0v) is 25.8. The Morgan fingerprint density at radius 2 is 1.82 bits per heavy atom. The second-order valence-electron chi connectivity index (χ2n) is 11.3. The van der Waals surface area contributed by atoms with Gasteiger partial charge in [-0.3, -0.25) is 9.68 Å². The van der Waals surface area contributed by atoms with Gasteiger partial charge in [0.1, 0.15) is 50.2 Å². The number of nitrogens with zero attached hydrogens (tertiary/aromatic N) is 3. The molecule has 2 aromatic carbocycles. The van der Waals surface area contributed by atoms with Crippen LogP contribution in [0.2, 0.25) is 0 Å². The van der Waals surface area contributed by atoms with Crippen molar-refractivity contribution in [1.29, 1.82) is 0 Å². The molecule has 0 aliphatic carbocycles. The lowest BCUT2D eigenvalue weighted by molar-refractivity contribution is -0.671. The molecule has 0 N–H and O–H groups in total. The topological polar surface area (TPSA) is 100 Å². The molecular formula is C35H38N3O7+. The minimum Gasteiger partial charge on any atom is -0.489 e. The Morgan fingerprint density at radius 3 is 2.51 bits per heavy atom. The van der Waals surface area contributed by atoms with Crippen molar-refractivity contribution in [2.24, 2.45) is 24.8 Å². The van der Waals surface area contributed by atoms with Crippen molar-refractivity contribution in [3.05, 3.63) is 109 Å². The third-order valence-electron chi connectivity index (χ3n) is 8.26. The lowest BCUT2D eigenvalue weighted by Gasteiger charge is -2.47. The summed E-state index contributed by atoms with van der Waals surface area (Å²) in [5.74, 6) is -2.79. The van der Waals surface area contributed by atoms with Crippen molar-refractivity contribution in [3.8, 4) is 16.9 Å². The molecule has 45 heavy (non-hydrogen) atoms. The van der Waals surface area contributed by atoms with Crippen LogP contribution >= 0.6 is 0 Å². The van der Waals surface area contributed by atoms with Crippen LogP contribution in [0.5, 0.6) is 5.75 Å². The van der Waals surface area contributed by atoms with E-state index in [1.807, 2.05) is 61.5 Å². The van der Waals surface area contributed by atoms with E-state index in [1.165, 1.54) is 22.6 Å². The number of esters is 1. The summed E-state index contributed by atoms with van der Waals surface area (Å²) in [6.07, 6.45) is 8.99. The molecule has 234 valence electrons. The van der Waals surface area contributed by atoms with Crippen molar-refractivity contribution >= 4 is 17.8 Å². The number of fused-ring (bicyclic) bond motifs is 1. The molecule has 0 spiro atoms. The van der Waals surface area contributed by atoms with Crippen LogP contribution in [-0.4, -0.2) is 53.2 Å². The van der Waals surface area contributed by atoms with Gasteiger partial charge in [-0.05, 0) is 28.8 Å². The fourth-order valence-electron chi connectivity index (χ4n) is 5.94. The molecule has 1 saturated heterocycles. The lowest BCUT2D eigenvalue weighted by Crippen LogP contribution is -2.63. The van der Waals surface area contributed by atoms with Crippen LogP contribution in [-0.2, 0) is 42.5 Å². The minimum atomic E-state index is -0.786. The summed E-state index contributed by atoms with van der Waals surface area (Å²) in [5, 5.41) is 0. The Morgan fingerprint density at radius 1 is 1.07 bits per heavy atom. The molecule has 5 rings (SSSR count). The van der Waals surface area contributed by atoms with Crippen LogP contribution in [0.15, 0.2) is 104 Å². The van der Waals surface area contributed by atoms with E-state index < -0.39 is 29.8 Å².